The molecule has 60 heavy (non-hydrogen) atoms. The lowest BCUT2D eigenvalue weighted by atomic mass is 10.0. The molecule has 0 saturated heterocycles. The van der Waals surface area contributed by atoms with Crippen LogP contribution in [0, 0.1) is 0 Å². The standard InChI is InChI=1S/C54H107NO5/c1-3-5-7-9-11-13-15-17-19-20-21-23-24-26-30-34-38-42-46-52(57)51(50-56)55-53(58)47-43-39-35-31-28-29-33-37-41-45-49-60-54(59)48-44-40-36-32-27-25-22-18-16-14-12-10-8-6-4-2/h51-52,56-57H,3-50H2,1-2H3,(H,55,58). The molecule has 0 aliphatic rings. The number of aliphatic hydroxyl groups excluding tert-OH is 2. The predicted octanol–water partition coefficient (Wildman–Crippen LogP) is 16.4. The molecule has 0 aliphatic heterocycles. The Kier molecular flexibility index (Phi) is 49.5. The molecule has 0 heterocycles. The molecule has 0 aliphatic carbocycles. The minimum atomic E-state index is -0.677. The van der Waals surface area contributed by atoms with Gasteiger partial charge >= 0.3 is 5.97 Å². The van der Waals surface area contributed by atoms with Gasteiger partial charge in [-0.05, 0) is 25.7 Å². The minimum Gasteiger partial charge on any atom is -0.466 e. The Hall–Kier alpha value is -1.14. The van der Waals surface area contributed by atoms with Gasteiger partial charge in [0, 0.05) is 12.8 Å². The second-order valence-electron chi connectivity index (χ2n) is 18.9. The molecule has 0 aromatic rings. The van der Waals surface area contributed by atoms with Gasteiger partial charge in [0.2, 0.25) is 5.91 Å². The second-order valence-corrected chi connectivity index (χ2v) is 18.9. The number of carbonyl (C=O) groups is 2. The van der Waals surface area contributed by atoms with Gasteiger partial charge < -0.3 is 20.3 Å². The molecule has 2 atom stereocenters. The number of hydrogen-bond acceptors (Lipinski definition) is 5. The third kappa shape index (κ3) is 46.4. The van der Waals surface area contributed by atoms with Crippen LogP contribution in [0.2, 0.25) is 0 Å². The van der Waals surface area contributed by atoms with Crippen LogP contribution in [0.4, 0.5) is 0 Å². The van der Waals surface area contributed by atoms with Gasteiger partial charge in [-0.2, -0.15) is 0 Å². The van der Waals surface area contributed by atoms with Gasteiger partial charge in [-0.15, -0.1) is 0 Å². The van der Waals surface area contributed by atoms with Crippen LogP contribution in [0.5, 0.6) is 0 Å². The van der Waals surface area contributed by atoms with E-state index in [1.54, 1.807) is 0 Å². The molecule has 0 rings (SSSR count). The normalized spacial score (nSPS) is 12.5. The molecule has 0 spiro atoms. The first kappa shape index (κ1) is 58.9. The molecule has 0 aromatic carbocycles. The van der Waals surface area contributed by atoms with Gasteiger partial charge in [0.05, 0.1) is 25.4 Å². The van der Waals surface area contributed by atoms with Crippen molar-refractivity contribution in [1.29, 1.82) is 0 Å². The van der Waals surface area contributed by atoms with Crippen LogP contribution >= 0.6 is 0 Å². The van der Waals surface area contributed by atoms with Gasteiger partial charge in [-0.25, -0.2) is 0 Å². The van der Waals surface area contributed by atoms with Crippen molar-refractivity contribution < 1.29 is 24.5 Å². The fourth-order valence-corrected chi connectivity index (χ4v) is 8.70. The zero-order chi connectivity index (χ0) is 43.7. The van der Waals surface area contributed by atoms with Crippen molar-refractivity contribution in [3.8, 4) is 0 Å². The van der Waals surface area contributed by atoms with Crippen LogP contribution in [0.3, 0.4) is 0 Å². The third-order valence-electron chi connectivity index (χ3n) is 12.9. The molecule has 0 radical (unpaired) electrons. The van der Waals surface area contributed by atoms with Crippen molar-refractivity contribution >= 4 is 11.9 Å². The molecular formula is C54H107NO5. The number of carbonyl (C=O) groups excluding carboxylic acids is 2. The van der Waals surface area contributed by atoms with Crippen molar-refractivity contribution in [3.63, 3.8) is 0 Å². The summed E-state index contributed by atoms with van der Waals surface area (Å²) in [4.78, 5) is 24.5. The Morgan fingerprint density at radius 2 is 0.683 bits per heavy atom. The Balaban J connectivity index is 3.45. The van der Waals surface area contributed by atoms with Crippen molar-refractivity contribution in [1.82, 2.24) is 5.32 Å². The smallest absolute Gasteiger partial charge is 0.305 e. The summed E-state index contributed by atoms with van der Waals surface area (Å²) in [6.45, 7) is 4.93. The lowest BCUT2D eigenvalue weighted by molar-refractivity contribution is -0.143. The molecule has 2 unspecified atom stereocenters. The highest BCUT2D eigenvalue weighted by molar-refractivity contribution is 5.76. The predicted molar refractivity (Wildman–Crippen MR) is 260 cm³/mol. The number of rotatable bonds is 51. The van der Waals surface area contributed by atoms with Gasteiger partial charge in [-0.1, -0.05) is 271 Å². The first-order valence-electron chi connectivity index (χ1n) is 27.3. The summed E-state index contributed by atoms with van der Waals surface area (Å²) in [5.41, 5.74) is 0. The number of ether oxygens (including phenoxy) is 1. The maximum atomic E-state index is 12.5. The van der Waals surface area contributed by atoms with Crippen molar-refractivity contribution in [2.45, 2.75) is 321 Å². The van der Waals surface area contributed by atoms with E-state index in [0.717, 1.165) is 57.8 Å². The fraction of sp³-hybridized carbons (Fsp3) is 0.963. The molecular weight excluding hydrogens is 743 g/mol. The largest absolute Gasteiger partial charge is 0.466 e. The van der Waals surface area contributed by atoms with E-state index in [4.69, 9.17) is 4.74 Å². The van der Waals surface area contributed by atoms with Gasteiger partial charge in [0.1, 0.15) is 0 Å². The highest BCUT2D eigenvalue weighted by Gasteiger charge is 2.20. The Labute approximate surface area is 375 Å². The lowest BCUT2D eigenvalue weighted by Gasteiger charge is -2.22. The summed E-state index contributed by atoms with van der Waals surface area (Å²) < 4.78 is 5.46. The zero-order valence-electron chi connectivity index (χ0n) is 40.7. The third-order valence-corrected chi connectivity index (χ3v) is 12.9. The van der Waals surface area contributed by atoms with Gasteiger partial charge in [0.15, 0.2) is 0 Å². The van der Waals surface area contributed by atoms with Gasteiger partial charge in [-0.3, -0.25) is 9.59 Å². The maximum Gasteiger partial charge on any atom is 0.305 e. The molecule has 0 aromatic heterocycles. The highest BCUT2D eigenvalue weighted by Crippen LogP contribution is 2.17. The zero-order valence-corrected chi connectivity index (χ0v) is 40.7. The summed E-state index contributed by atoms with van der Waals surface area (Å²) in [7, 11) is 0. The van der Waals surface area contributed by atoms with E-state index in [0.29, 0.717) is 25.9 Å². The van der Waals surface area contributed by atoms with E-state index >= 15 is 0 Å². The first-order chi connectivity index (χ1) is 29.5. The number of amides is 1. The minimum absolute atomic E-state index is 0.0148. The molecule has 6 nitrogen and oxygen atoms in total. The van der Waals surface area contributed by atoms with E-state index in [1.807, 2.05) is 0 Å². The van der Waals surface area contributed by atoms with Crippen LogP contribution in [0.15, 0.2) is 0 Å². The van der Waals surface area contributed by atoms with Crippen LogP contribution in [-0.4, -0.2) is 47.4 Å². The highest BCUT2D eigenvalue weighted by atomic mass is 16.5. The van der Waals surface area contributed by atoms with Crippen LogP contribution in [0.1, 0.15) is 309 Å². The quantitative estimate of drug-likeness (QED) is 0.0418. The molecule has 6 heteroatoms. The molecule has 3 N–H and O–H groups in total. The monoisotopic (exact) mass is 850 g/mol. The Bertz CT molecular complexity index is 852. The average Bonchev–Trinajstić information content (AvgIpc) is 3.25. The van der Waals surface area contributed by atoms with E-state index in [2.05, 4.69) is 19.2 Å². The fourth-order valence-electron chi connectivity index (χ4n) is 8.70. The molecule has 358 valence electrons. The number of aliphatic hydroxyl groups is 2. The lowest BCUT2D eigenvalue weighted by Crippen LogP contribution is -2.45. The van der Waals surface area contributed by atoms with E-state index in [1.165, 1.54) is 218 Å². The van der Waals surface area contributed by atoms with Gasteiger partial charge in [0.25, 0.3) is 0 Å². The first-order valence-corrected chi connectivity index (χ1v) is 27.3. The Morgan fingerprint density at radius 1 is 0.400 bits per heavy atom. The topological polar surface area (TPSA) is 95.9 Å². The number of esters is 1. The van der Waals surface area contributed by atoms with Crippen LogP contribution < -0.4 is 5.32 Å². The number of hydrogen-bond donors (Lipinski definition) is 3. The molecule has 0 fully saturated rings. The summed E-state index contributed by atoms with van der Waals surface area (Å²) in [5.74, 6) is -0.0689. The van der Waals surface area contributed by atoms with Crippen molar-refractivity contribution in [2.75, 3.05) is 13.2 Å². The molecule has 0 saturated carbocycles. The molecule has 0 bridgehead atoms. The molecule has 1 amide bonds. The summed E-state index contributed by atoms with van der Waals surface area (Å²) >= 11 is 0. The summed E-state index contributed by atoms with van der Waals surface area (Å²) in [6, 6.07) is -0.556. The van der Waals surface area contributed by atoms with Crippen LogP contribution in [-0.2, 0) is 14.3 Å². The van der Waals surface area contributed by atoms with E-state index < -0.39 is 12.1 Å². The van der Waals surface area contributed by atoms with Crippen molar-refractivity contribution in [3.05, 3.63) is 0 Å². The maximum absolute atomic E-state index is 12.5. The summed E-state index contributed by atoms with van der Waals surface area (Å²) in [5, 5.41) is 23.3. The Morgan fingerprint density at radius 3 is 1.02 bits per heavy atom. The summed E-state index contributed by atoms with van der Waals surface area (Å²) in [6.07, 6.45) is 56.4. The van der Waals surface area contributed by atoms with E-state index in [-0.39, 0.29) is 18.5 Å². The SMILES string of the molecule is CCCCCCCCCCCCCCCCCCCCC(O)C(CO)NC(=O)CCCCCCCCCCCCOC(=O)CCCCCCCCCCCCCCCCC. The van der Waals surface area contributed by atoms with Crippen LogP contribution in [0.25, 0.3) is 0 Å². The van der Waals surface area contributed by atoms with E-state index in [9.17, 15) is 19.8 Å². The van der Waals surface area contributed by atoms with Crippen molar-refractivity contribution in [2.24, 2.45) is 0 Å². The second kappa shape index (κ2) is 50.5. The average molecular weight is 850 g/mol. The number of unbranched alkanes of at least 4 members (excludes halogenated alkanes) is 40. The number of nitrogens with one attached hydrogen (secondary N) is 1.